The SMILES string of the molecule is CCC1Oc2ccc(S(=O)(=O)N3CCC(C(=O)NC4CCC(C)CC4)CC3)cc2NC1=O. The summed E-state index contributed by atoms with van der Waals surface area (Å²) in [4.78, 5) is 24.9. The highest BCUT2D eigenvalue weighted by atomic mass is 32.2. The van der Waals surface area contributed by atoms with Gasteiger partial charge < -0.3 is 15.4 Å². The first kappa shape index (κ1) is 23.0. The normalized spacial score (nSPS) is 27.2. The lowest BCUT2D eigenvalue weighted by molar-refractivity contribution is -0.127. The Labute approximate surface area is 190 Å². The van der Waals surface area contributed by atoms with Crippen molar-refractivity contribution >= 4 is 27.5 Å². The maximum absolute atomic E-state index is 13.2. The van der Waals surface area contributed by atoms with Crippen LogP contribution in [0.2, 0.25) is 0 Å². The molecule has 176 valence electrons. The second-order valence-corrected chi connectivity index (χ2v) is 11.2. The van der Waals surface area contributed by atoms with Crippen LogP contribution in [0.5, 0.6) is 5.75 Å². The molecule has 1 unspecified atom stereocenters. The standard InChI is InChI=1S/C23H33N3O5S/c1-3-20-23(28)25-19-14-18(8-9-21(19)31-20)32(29,30)26-12-10-16(11-13-26)22(27)24-17-6-4-15(2)5-7-17/h8-9,14-17,20H,3-7,10-13H2,1-2H3,(H,24,27)(H,25,28). The van der Waals surface area contributed by atoms with E-state index in [9.17, 15) is 18.0 Å². The molecule has 1 saturated heterocycles. The Bertz CT molecular complexity index is 964. The van der Waals surface area contributed by atoms with Gasteiger partial charge in [0.05, 0.1) is 10.6 Å². The highest BCUT2D eigenvalue weighted by Gasteiger charge is 2.34. The number of anilines is 1. The monoisotopic (exact) mass is 463 g/mol. The number of nitrogens with zero attached hydrogens (tertiary/aromatic N) is 1. The van der Waals surface area contributed by atoms with Crippen molar-refractivity contribution < 1.29 is 22.7 Å². The summed E-state index contributed by atoms with van der Waals surface area (Å²) in [5.41, 5.74) is 0.372. The largest absolute Gasteiger partial charge is 0.478 e. The van der Waals surface area contributed by atoms with Gasteiger partial charge in [-0.05, 0) is 69.1 Å². The number of sulfonamides is 1. The molecule has 0 spiro atoms. The number of benzene rings is 1. The predicted octanol–water partition coefficient (Wildman–Crippen LogP) is 2.89. The van der Waals surface area contributed by atoms with Crippen molar-refractivity contribution in [2.75, 3.05) is 18.4 Å². The van der Waals surface area contributed by atoms with E-state index in [0.717, 1.165) is 31.6 Å². The number of carbonyl (C=O) groups excluding carboxylic acids is 2. The molecule has 2 aliphatic heterocycles. The molecule has 32 heavy (non-hydrogen) atoms. The number of fused-ring (bicyclic) bond motifs is 1. The maximum Gasteiger partial charge on any atom is 0.265 e. The Balaban J connectivity index is 1.36. The lowest BCUT2D eigenvalue weighted by atomic mass is 9.87. The van der Waals surface area contributed by atoms with Crippen molar-refractivity contribution in [3.05, 3.63) is 18.2 Å². The van der Waals surface area contributed by atoms with E-state index in [1.807, 2.05) is 6.92 Å². The third-order valence-corrected chi connectivity index (χ3v) is 8.86. The van der Waals surface area contributed by atoms with E-state index < -0.39 is 16.1 Å². The fraction of sp³-hybridized carbons (Fsp3) is 0.652. The van der Waals surface area contributed by atoms with Crippen LogP contribution in [0.15, 0.2) is 23.1 Å². The first-order chi connectivity index (χ1) is 15.3. The Hall–Kier alpha value is -2.13. The van der Waals surface area contributed by atoms with Gasteiger partial charge in [0.15, 0.2) is 6.10 Å². The number of carbonyl (C=O) groups is 2. The maximum atomic E-state index is 13.2. The van der Waals surface area contributed by atoms with Crippen molar-refractivity contribution in [2.24, 2.45) is 11.8 Å². The molecular formula is C23H33N3O5S. The summed E-state index contributed by atoms with van der Waals surface area (Å²) in [6, 6.07) is 4.81. The Morgan fingerprint density at radius 1 is 1.16 bits per heavy atom. The average molecular weight is 464 g/mol. The van der Waals surface area contributed by atoms with Gasteiger partial charge in [0.1, 0.15) is 5.75 Å². The predicted molar refractivity (Wildman–Crippen MR) is 121 cm³/mol. The van der Waals surface area contributed by atoms with Crippen LogP contribution in [-0.4, -0.2) is 49.8 Å². The summed E-state index contributed by atoms with van der Waals surface area (Å²) in [5, 5.41) is 5.92. The smallest absolute Gasteiger partial charge is 0.265 e. The average Bonchev–Trinajstić information content (AvgIpc) is 2.79. The lowest BCUT2D eigenvalue weighted by Crippen LogP contribution is -2.46. The molecule has 0 radical (unpaired) electrons. The fourth-order valence-electron chi connectivity index (χ4n) is 4.79. The molecule has 1 saturated carbocycles. The van der Waals surface area contributed by atoms with E-state index in [-0.39, 0.29) is 28.7 Å². The van der Waals surface area contributed by atoms with Crippen LogP contribution in [0.4, 0.5) is 5.69 Å². The van der Waals surface area contributed by atoms with Gasteiger partial charge in [0.25, 0.3) is 5.91 Å². The molecular weight excluding hydrogens is 430 g/mol. The molecule has 1 aromatic rings. The molecule has 0 aromatic heterocycles. The number of nitrogens with one attached hydrogen (secondary N) is 2. The van der Waals surface area contributed by atoms with Crippen LogP contribution in [0.3, 0.4) is 0 Å². The highest BCUT2D eigenvalue weighted by molar-refractivity contribution is 7.89. The van der Waals surface area contributed by atoms with Gasteiger partial charge in [0, 0.05) is 25.0 Å². The summed E-state index contributed by atoms with van der Waals surface area (Å²) in [7, 11) is -3.72. The van der Waals surface area contributed by atoms with Crippen molar-refractivity contribution in [2.45, 2.75) is 75.8 Å². The van der Waals surface area contributed by atoms with Gasteiger partial charge in [0.2, 0.25) is 15.9 Å². The molecule has 8 nitrogen and oxygen atoms in total. The third-order valence-electron chi connectivity index (χ3n) is 6.97. The minimum absolute atomic E-state index is 0.0562. The van der Waals surface area contributed by atoms with Gasteiger partial charge in [-0.2, -0.15) is 4.31 Å². The molecule has 0 bridgehead atoms. The van der Waals surface area contributed by atoms with Crippen LogP contribution in [0, 0.1) is 11.8 Å². The molecule has 1 aromatic carbocycles. The summed E-state index contributed by atoms with van der Waals surface area (Å²) in [6.45, 7) is 4.72. The van der Waals surface area contributed by atoms with Crippen LogP contribution in [0.1, 0.15) is 58.8 Å². The van der Waals surface area contributed by atoms with Crippen LogP contribution < -0.4 is 15.4 Å². The molecule has 4 rings (SSSR count). The van der Waals surface area contributed by atoms with Crippen molar-refractivity contribution in [1.29, 1.82) is 0 Å². The number of ether oxygens (including phenoxy) is 1. The quantitative estimate of drug-likeness (QED) is 0.699. The third kappa shape index (κ3) is 4.78. The summed E-state index contributed by atoms with van der Waals surface area (Å²) < 4.78 is 33.4. The Morgan fingerprint density at radius 2 is 1.84 bits per heavy atom. The van der Waals surface area contributed by atoms with E-state index >= 15 is 0 Å². The summed E-state index contributed by atoms with van der Waals surface area (Å²) in [6.07, 6.45) is 5.34. The molecule has 2 heterocycles. The highest BCUT2D eigenvalue weighted by Crippen LogP contribution is 2.34. The number of amides is 2. The zero-order chi connectivity index (χ0) is 22.9. The van der Waals surface area contributed by atoms with Crippen molar-refractivity contribution in [3.63, 3.8) is 0 Å². The zero-order valence-electron chi connectivity index (χ0n) is 18.8. The molecule has 1 atom stereocenters. The van der Waals surface area contributed by atoms with E-state index in [0.29, 0.717) is 43.8 Å². The minimum atomic E-state index is -3.72. The molecule has 3 aliphatic rings. The summed E-state index contributed by atoms with van der Waals surface area (Å²) >= 11 is 0. The fourth-order valence-corrected chi connectivity index (χ4v) is 6.29. The first-order valence-electron chi connectivity index (χ1n) is 11.7. The van der Waals surface area contributed by atoms with E-state index in [2.05, 4.69) is 17.6 Å². The molecule has 9 heteroatoms. The van der Waals surface area contributed by atoms with Crippen LogP contribution >= 0.6 is 0 Å². The van der Waals surface area contributed by atoms with Crippen molar-refractivity contribution in [3.8, 4) is 5.75 Å². The number of rotatable bonds is 5. The number of hydrogen-bond acceptors (Lipinski definition) is 5. The molecule has 1 aliphatic carbocycles. The first-order valence-corrected chi connectivity index (χ1v) is 13.1. The van der Waals surface area contributed by atoms with Crippen LogP contribution in [-0.2, 0) is 19.6 Å². The molecule has 2 amide bonds. The zero-order valence-corrected chi connectivity index (χ0v) is 19.6. The van der Waals surface area contributed by atoms with E-state index in [1.54, 1.807) is 6.07 Å². The summed E-state index contributed by atoms with van der Waals surface area (Å²) in [5.74, 6) is 0.841. The topological polar surface area (TPSA) is 105 Å². The van der Waals surface area contributed by atoms with Crippen molar-refractivity contribution in [1.82, 2.24) is 9.62 Å². The van der Waals surface area contributed by atoms with Gasteiger partial charge in [-0.3, -0.25) is 9.59 Å². The number of hydrogen-bond donors (Lipinski definition) is 2. The second kappa shape index (κ2) is 9.39. The van der Waals surface area contributed by atoms with Gasteiger partial charge in [-0.15, -0.1) is 0 Å². The van der Waals surface area contributed by atoms with E-state index in [4.69, 9.17) is 4.74 Å². The Kier molecular flexibility index (Phi) is 6.76. The second-order valence-electron chi connectivity index (χ2n) is 9.31. The lowest BCUT2D eigenvalue weighted by Gasteiger charge is -2.33. The van der Waals surface area contributed by atoms with Gasteiger partial charge in [-0.1, -0.05) is 13.8 Å². The Morgan fingerprint density at radius 3 is 2.50 bits per heavy atom. The van der Waals surface area contributed by atoms with Crippen LogP contribution in [0.25, 0.3) is 0 Å². The molecule has 2 N–H and O–H groups in total. The number of piperidine rings is 1. The van der Waals surface area contributed by atoms with Gasteiger partial charge in [-0.25, -0.2) is 8.42 Å². The minimum Gasteiger partial charge on any atom is -0.478 e. The molecule has 2 fully saturated rings. The van der Waals surface area contributed by atoms with E-state index in [1.165, 1.54) is 16.4 Å². The van der Waals surface area contributed by atoms with Gasteiger partial charge >= 0.3 is 0 Å².